The van der Waals surface area contributed by atoms with Gasteiger partial charge >= 0.3 is 0 Å². The molecule has 3 atom stereocenters. The third-order valence-corrected chi connectivity index (χ3v) is 5.85. The molecule has 1 aliphatic carbocycles. The Morgan fingerprint density at radius 3 is 2.21 bits per heavy atom. The summed E-state index contributed by atoms with van der Waals surface area (Å²) in [7, 11) is 0. The van der Waals surface area contributed by atoms with Crippen molar-refractivity contribution in [2.75, 3.05) is 0 Å². The minimum atomic E-state index is -1.12. The second-order valence-electron chi connectivity index (χ2n) is 7.92. The van der Waals surface area contributed by atoms with Crippen molar-refractivity contribution in [1.82, 2.24) is 0 Å². The summed E-state index contributed by atoms with van der Waals surface area (Å²) in [5, 5.41) is 11.7. The Hall–Kier alpha value is -2.52. The van der Waals surface area contributed by atoms with E-state index in [-0.39, 0.29) is 6.04 Å². The van der Waals surface area contributed by atoms with Crippen molar-refractivity contribution in [3.8, 4) is 0 Å². The smallest absolute Gasteiger partial charge is 0.114 e. The second kappa shape index (κ2) is 8.24. The molecule has 2 aliphatic rings. The molecule has 0 saturated heterocycles. The Bertz CT molecular complexity index is 885. The zero-order valence-electron chi connectivity index (χ0n) is 16.5. The summed E-state index contributed by atoms with van der Waals surface area (Å²) >= 11 is 0. The van der Waals surface area contributed by atoms with Gasteiger partial charge in [-0.1, -0.05) is 79.6 Å². The summed E-state index contributed by atoms with van der Waals surface area (Å²) < 4.78 is 0. The lowest BCUT2D eigenvalue weighted by Gasteiger charge is -2.33. The van der Waals surface area contributed by atoms with Crippen molar-refractivity contribution in [3.63, 3.8) is 0 Å². The summed E-state index contributed by atoms with van der Waals surface area (Å²) in [5.74, 6) is 0. The minimum Gasteiger partial charge on any atom is -0.381 e. The summed E-state index contributed by atoms with van der Waals surface area (Å²) in [5.41, 5.74) is 2.75. The van der Waals surface area contributed by atoms with Gasteiger partial charge in [0.1, 0.15) is 5.60 Å². The van der Waals surface area contributed by atoms with Gasteiger partial charge in [0, 0.05) is 6.42 Å². The lowest BCUT2D eigenvalue weighted by Crippen LogP contribution is -2.37. The Kier molecular flexibility index (Phi) is 5.54. The number of hydrogen-bond acceptors (Lipinski definition) is 3. The van der Waals surface area contributed by atoms with Crippen LogP contribution in [0.2, 0.25) is 0 Å². The highest BCUT2D eigenvalue weighted by atomic mass is 16.3. The molecule has 3 heteroatoms. The molecule has 1 unspecified atom stereocenters. The van der Waals surface area contributed by atoms with Gasteiger partial charge in [-0.3, -0.25) is 9.98 Å². The van der Waals surface area contributed by atoms with Crippen LogP contribution in [0.3, 0.4) is 0 Å². The number of nitrogens with zero attached hydrogens (tertiary/aromatic N) is 2. The van der Waals surface area contributed by atoms with Gasteiger partial charge in [-0.05, 0) is 37.0 Å². The minimum absolute atomic E-state index is 0.283. The van der Waals surface area contributed by atoms with Crippen LogP contribution < -0.4 is 0 Å². The zero-order chi connectivity index (χ0) is 19.4. The largest absolute Gasteiger partial charge is 0.381 e. The highest BCUT2D eigenvalue weighted by Crippen LogP contribution is 2.32. The molecule has 0 amide bonds. The molecule has 1 N–H and O–H groups in total. The van der Waals surface area contributed by atoms with Crippen LogP contribution in [0.25, 0.3) is 6.08 Å². The van der Waals surface area contributed by atoms with E-state index in [2.05, 4.69) is 0 Å². The van der Waals surface area contributed by atoms with Crippen molar-refractivity contribution < 1.29 is 5.11 Å². The molecule has 3 nitrogen and oxygen atoms in total. The highest BCUT2D eigenvalue weighted by molar-refractivity contribution is 6.42. The van der Waals surface area contributed by atoms with Crippen molar-refractivity contribution in [1.29, 1.82) is 0 Å². The van der Waals surface area contributed by atoms with Crippen LogP contribution in [0.5, 0.6) is 0 Å². The molecule has 0 spiro atoms. The predicted molar refractivity (Wildman–Crippen MR) is 117 cm³/mol. The van der Waals surface area contributed by atoms with Crippen molar-refractivity contribution in [3.05, 3.63) is 77.9 Å². The summed E-state index contributed by atoms with van der Waals surface area (Å²) in [6, 6.07) is 20.6. The fraction of sp³-hybridized carbons (Fsp3) is 0.360. The standard InChI is InChI=1S/C25H28N2O/c1-19-24(27-23-15-9-8-14-22(23)26-19)18-25(28,21-12-6-3-7-13-21)17-16-20-10-4-2-5-11-20/h2-7,10-13,16-17,22-23,28H,8-9,14-15,18H2,1H3/b17-16+/t22-,23-,25?/m1/s1. The van der Waals surface area contributed by atoms with Crippen LogP contribution in [0, 0.1) is 0 Å². The molecule has 2 aromatic rings. The van der Waals surface area contributed by atoms with Crippen LogP contribution in [0.4, 0.5) is 0 Å². The fourth-order valence-electron chi connectivity index (χ4n) is 4.22. The molecular weight excluding hydrogens is 344 g/mol. The van der Waals surface area contributed by atoms with Gasteiger partial charge in [-0.15, -0.1) is 0 Å². The fourth-order valence-corrected chi connectivity index (χ4v) is 4.22. The first-order valence-electron chi connectivity index (χ1n) is 10.3. The first-order valence-corrected chi connectivity index (χ1v) is 10.3. The molecular formula is C25H28N2O. The summed E-state index contributed by atoms with van der Waals surface area (Å²) in [6.45, 7) is 2.04. The molecule has 0 bridgehead atoms. The Morgan fingerprint density at radius 2 is 1.54 bits per heavy atom. The average molecular weight is 373 g/mol. The third kappa shape index (κ3) is 4.15. The maximum absolute atomic E-state index is 11.7. The van der Waals surface area contributed by atoms with Gasteiger partial charge in [-0.2, -0.15) is 0 Å². The van der Waals surface area contributed by atoms with E-state index in [9.17, 15) is 5.11 Å². The van der Waals surface area contributed by atoms with E-state index in [1.54, 1.807) is 0 Å². The molecule has 144 valence electrons. The molecule has 1 heterocycles. The number of benzene rings is 2. The number of hydrogen-bond donors (Lipinski definition) is 1. The molecule has 0 aromatic heterocycles. The van der Waals surface area contributed by atoms with Gasteiger partial charge in [0.2, 0.25) is 0 Å². The topological polar surface area (TPSA) is 45.0 Å². The Morgan fingerprint density at radius 1 is 0.929 bits per heavy atom. The quantitative estimate of drug-likeness (QED) is 0.770. The average Bonchev–Trinajstić information content (AvgIpc) is 2.74. The second-order valence-corrected chi connectivity index (χ2v) is 7.92. The maximum Gasteiger partial charge on any atom is 0.114 e. The summed E-state index contributed by atoms with van der Waals surface area (Å²) in [4.78, 5) is 9.97. The molecule has 1 aliphatic heterocycles. The Labute approximate surface area is 167 Å². The number of aliphatic hydroxyl groups is 1. The first-order chi connectivity index (χ1) is 13.6. The zero-order valence-corrected chi connectivity index (χ0v) is 16.5. The molecule has 4 rings (SSSR count). The van der Waals surface area contributed by atoms with E-state index in [0.29, 0.717) is 12.5 Å². The SMILES string of the molecule is CC1=N[C@@H]2CCCC[C@H]2N=C1CC(O)(/C=C/c1ccccc1)c1ccccc1. The first kappa shape index (κ1) is 18.8. The van der Waals surface area contributed by atoms with Crippen LogP contribution >= 0.6 is 0 Å². The molecule has 2 aromatic carbocycles. The lowest BCUT2D eigenvalue weighted by molar-refractivity contribution is 0.0988. The van der Waals surface area contributed by atoms with Crippen LogP contribution in [0.15, 0.2) is 76.7 Å². The number of aliphatic imine (C=N–C) groups is 2. The van der Waals surface area contributed by atoms with Crippen molar-refractivity contribution >= 4 is 17.5 Å². The monoisotopic (exact) mass is 372 g/mol. The van der Waals surface area contributed by atoms with Crippen molar-refractivity contribution in [2.24, 2.45) is 9.98 Å². The van der Waals surface area contributed by atoms with E-state index in [1.807, 2.05) is 79.7 Å². The van der Waals surface area contributed by atoms with Gasteiger partial charge in [0.15, 0.2) is 0 Å². The predicted octanol–water partition coefficient (Wildman–Crippen LogP) is 5.20. The van der Waals surface area contributed by atoms with E-state index >= 15 is 0 Å². The van der Waals surface area contributed by atoms with E-state index in [4.69, 9.17) is 9.98 Å². The molecule has 0 radical (unpaired) electrons. The van der Waals surface area contributed by atoms with E-state index in [0.717, 1.165) is 35.4 Å². The molecule has 1 saturated carbocycles. The summed E-state index contributed by atoms with van der Waals surface area (Å²) in [6.07, 6.45) is 9.05. The van der Waals surface area contributed by atoms with Gasteiger partial charge in [0.05, 0.1) is 23.5 Å². The molecule has 28 heavy (non-hydrogen) atoms. The van der Waals surface area contributed by atoms with E-state index < -0.39 is 5.60 Å². The third-order valence-electron chi connectivity index (χ3n) is 5.85. The van der Waals surface area contributed by atoms with Crippen LogP contribution in [0.1, 0.15) is 50.2 Å². The Balaban J connectivity index is 1.65. The normalized spacial score (nSPS) is 24.2. The van der Waals surface area contributed by atoms with Crippen LogP contribution in [-0.2, 0) is 5.60 Å². The van der Waals surface area contributed by atoms with Crippen molar-refractivity contribution in [2.45, 2.75) is 56.7 Å². The highest BCUT2D eigenvalue weighted by Gasteiger charge is 2.33. The van der Waals surface area contributed by atoms with E-state index in [1.165, 1.54) is 12.8 Å². The number of rotatable bonds is 5. The van der Waals surface area contributed by atoms with Gasteiger partial charge < -0.3 is 5.11 Å². The van der Waals surface area contributed by atoms with Gasteiger partial charge in [-0.25, -0.2) is 0 Å². The maximum atomic E-state index is 11.7. The number of fused-ring (bicyclic) bond motifs is 1. The lowest BCUT2D eigenvalue weighted by atomic mass is 9.84. The van der Waals surface area contributed by atoms with Gasteiger partial charge in [0.25, 0.3) is 0 Å². The molecule has 1 fully saturated rings. The van der Waals surface area contributed by atoms with Crippen LogP contribution in [-0.4, -0.2) is 28.6 Å².